The van der Waals surface area contributed by atoms with E-state index in [4.69, 9.17) is 15.2 Å². The number of nitrogens with one attached hydrogen (secondary N) is 1. The van der Waals surface area contributed by atoms with Gasteiger partial charge in [-0.1, -0.05) is 6.08 Å². The van der Waals surface area contributed by atoms with Crippen molar-refractivity contribution < 1.29 is 4.21 Å². The fourth-order valence-corrected chi connectivity index (χ4v) is 5.46. The third-order valence-electron chi connectivity index (χ3n) is 6.15. The van der Waals surface area contributed by atoms with Gasteiger partial charge in [-0.25, -0.2) is 15.0 Å². The van der Waals surface area contributed by atoms with Crippen LogP contribution < -0.4 is 10.2 Å². The fourth-order valence-electron chi connectivity index (χ4n) is 4.16. The maximum Gasteiger partial charge on any atom is 0.227 e. The maximum absolute atomic E-state index is 12.6. The summed E-state index contributed by atoms with van der Waals surface area (Å²) < 4.78 is 12.6. The van der Waals surface area contributed by atoms with E-state index in [-0.39, 0.29) is 0 Å². The van der Waals surface area contributed by atoms with E-state index in [1.807, 2.05) is 26.2 Å². The lowest BCUT2D eigenvalue weighted by Crippen LogP contribution is -2.33. The number of nitrogens with zero attached hydrogens (tertiary/aromatic N) is 6. The van der Waals surface area contributed by atoms with Gasteiger partial charge in [0.15, 0.2) is 5.82 Å². The average molecular weight is 450 g/mol. The smallest absolute Gasteiger partial charge is 0.227 e. The molecule has 4 heterocycles. The lowest BCUT2D eigenvalue weighted by atomic mass is 10.0. The number of anilines is 2. The SMILES string of the molecule is CC(C)(CC#N)Nc1nc(N2CC=C(c3ncc(C4CC4)cn3)CC2)nc2c1S(=O)CC2. The Balaban J connectivity index is 1.37. The summed E-state index contributed by atoms with van der Waals surface area (Å²) in [5.41, 5.74) is 2.77. The summed E-state index contributed by atoms with van der Waals surface area (Å²) in [5, 5.41) is 12.5. The Labute approximate surface area is 190 Å². The van der Waals surface area contributed by atoms with Crippen molar-refractivity contribution in [1.82, 2.24) is 19.9 Å². The molecule has 0 spiro atoms. The molecule has 1 aliphatic carbocycles. The summed E-state index contributed by atoms with van der Waals surface area (Å²) in [6, 6.07) is 2.21. The van der Waals surface area contributed by atoms with Crippen LogP contribution in [0.15, 0.2) is 23.4 Å². The molecule has 2 aliphatic heterocycles. The molecule has 9 heteroatoms. The molecule has 0 radical (unpaired) electrons. The summed E-state index contributed by atoms with van der Waals surface area (Å²) in [7, 11) is -1.11. The van der Waals surface area contributed by atoms with Gasteiger partial charge in [0, 0.05) is 43.2 Å². The van der Waals surface area contributed by atoms with Crippen LogP contribution in [0.1, 0.15) is 62.5 Å². The first-order valence-electron chi connectivity index (χ1n) is 11.1. The first-order valence-corrected chi connectivity index (χ1v) is 12.5. The lowest BCUT2D eigenvalue weighted by molar-refractivity contribution is 0.576. The number of hydrogen-bond acceptors (Lipinski definition) is 8. The minimum absolute atomic E-state index is 0.323. The van der Waals surface area contributed by atoms with Crippen molar-refractivity contribution in [3.05, 3.63) is 35.6 Å². The molecule has 1 unspecified atom stereocenters. The number of aryl methyl sites for hydroxylation is 1. The minimum atomic E-state index is -1.11. The van der Waals surface area contributed by atoms with Gasteiger partial charge in [-0.3, -0.25) is 4.21 Å². The van der Waals surface area contributed by atoms with E-state index in [1.54, 1.807) is 0 Å². The van der Waals surface area contributed by atoms with Crippen molar-refractivity contribution in [2.45, 2.75) is 62.3 Å². The Morgan fingerprint density at radius 1 is 1.25 bits per heavy atom. The number of fused-ring (bicyclic) bond motifs is 1. The number of hydrogen-bond donors (Lipinski definition) is 1. The van der Waals surface area contributed by atoms with Gasteiger partial charge in [0.05, 0.1) is 29.0 Å². The lowest BCUT2D eigenvalue weighted by Gasteiger charge is -2.29. The first kappa shape index (κ1) is 21.0. The molecule has 1 atom stereocenters. The molecule has 5 rings (SSSR count). The van der Waals surface area contributed by atoms with Crippen molar-refractivity contribution >= 4 is 28.1 Å². The summed E-state index contributed by atoms with van der Waals surface area (Å²) in [6.07, 6.45) is 10.4. The van der Waals surface area contributed by atoms with Crippen LogP contribution >= 0.6 is 0 Å². The van der Waals surface area contributed by atoms with Crippen molar-refractivity contribution in [3.63, 3.8) is 0 Å². The van der Waals surface area contributed by atoms with Crippen molar-refractivity contribution in [1.29, 1.82) is 5.26 Å². The van der Waals surface area contributed by atoms with E-state index in [0.717, 1.165) is 30.1 Å². The third-order valence-corrected chi connectivity index (χ3v) is 7.61. The van der Waals surface area contributed by atoms with Crippen LogP contribution in [-0.2, 0) is 17.2 Å². The summed E-state index contributed by atoms with van der Waals surface area (Å²) in [5.74, 6) is 3.26. The van der Waals surface area contributed by atoms with Crippen LogP contribution in [-0.4, -0.2) is 48.5 Å². The molecule has 8 nitrogen and oxygen atoms in total. The van der Waals surface area contributed by atoms with Crippen LogP contribution in [0.3, 0.4) is 0 Å². The van der Waals surface area contributed by atoms with E-state index in [9.17, 15) is 4.21 Å². The molecule has 0 aromatic carbocycles. The van der Waals surface area contributed by atoms with Crippen molar-refractivity contribution in [2.24, 2.45) is 0 Å². The average Bonchev–Trinajstić information content (AvgIpc) is 3.56. The van der Waals surface area contributed by atoms with E-state index in [1.165, 1.54) is 18.4 Å². The molecule has 3 aliphatic rings. The predicted molar refractivity (Wildman–Crippen MR) is 124 cm³/mol. The summed E-state index contributed by atoms with van der Waals surface area (Å²) in [4.78, 5) is 21.5. The molecule has 1 fully saturated rings. The molecule has 0 bridgehead atoms. The highest BCUT2D eigenvalue weighted by Crippen LogP contribution is 2.39. The van der Waals surface area contributed by atoms with Gasteiger partial charge in [0.2, 0.25) is 5.95 Å². The van der Waals surface area contributed by atoms with E-state index in [2.05, 4.69) is 32.3 Å². The van der Waals surface area contributed by atoms with Crippen LogP contribution in [0.2, 0.25) is 0 Å². The zero-order valence-corrected chi connectivity index (χ0v) is 19.3. The van der Waals surface area contributed by atoms with Crippen LogP contribution in [0.25, 0.3) is 5.57 Å². The fraction of sp³-hybridized carbons (Fsp3) is 0.522. The van der Waals surface area contributed by atoms with Crippen LogP contribution in [0.5, 0.6) is 0 Å². The molecular weight excluding hydrogens is 422 g/mol. The molecule has 2 aromatic rings. The predicted octanol–water partition coefficient (Wildman–Crippen LogP) is 3.21. The van der Waals surface area contributed by atoms with E-state index in [0.29, 0.717) is 47.7 Å². The van der Waals surface area contributed by atoms with Gasteiger partial charge < -0.3 is 10.2 Å². The third kappa shape index (κ3) is 4.24. The quantitative estimate of drug-likeness (QED) is 0.716. The van der Waals surface area contributed by atoms with Gasteiger partial charge in [-0.2, -0.15) is 10.2 Å². The molecule has 1 saturated carbocycles. The molecular formula is C23H27N7OS. The molecule has 32 heavy (non-hydrogen) atoms. The largest absolute Gasteiger partial charge is 0.363 e. The molecule has 0 amide bonds. The highest BCUT2D eigenvalue weighted by molar-refractivity contribution is 7.85. The first-order chi connectivity index (χ1) is 15.4. The molecule has 166 valence electrons. The highest BCUT2D eigenvalue weighted by Gasteiger charge is 2.30. The second-order valence-corrected chi connectivity index (χ2v) is 10.8. The second kappa shape index (κ2) is 8.24. The molecule has 2 aromatic heterocycles. The molecule has 1 N–H and O–H groups in total. The normalized spacial score (nSPS) is 20.5. The van der Waals surface area contributed by atoms with Crippen LogP contribution in [0, 0.1) is 11.3 Å². The molecule has 0 saturated heterocycles. The highest BCUT2D eigenvalue weighted by atomic mass is 32.2. The monoisotopic (exact) mass is 449 g/mol. The van der Waals surface area contributed by atoms with Gasteiger partial charge in [0.1, 0.15) is 10.7 Å². The maximum atomic E-state index is 12.6. The Kier molecular flexibility index (Phi) is 5.41. The van der Waals surface area contributed by atoms with Gasteiger partial charge >= 0.3 is 0 Å². The Morgan fingerprint density at radius 3 is 2.69 bits per heavy atom. The number of aromatic nitrogens is 4. The number of rotatable bonds is 6. The standard InChI is InChI=1S/C23H27N7OS/c1-23(2,8-9-24)29-21-19-18(7-12-32(19)31)27-22(28-21)30-10-5-16(6-11-30)20-25-13-17(14-26-20)15-3-4-15/h5,13-15H,3-4,6-8,10-12H2,1-2H3,(H,27,28,29). The summed E-state index contributed by atoms with van der Waals surface area (Å²) in [6.45, 7) is 5.34. The summed E-state index contributed by atoms with van der Waals surface area (Å²) >= 11 is 0. The van der Waals surface area contributed by atoms with Gasteiger partial charge in [-0.05, 0) is 50.2 Å². The second-order valence-electron chi connectivity index (χ2n) is 9.33. The van der Waals surface area contributed by atoms with E-state index < -0.39 is 16.3 Å². The van der Waals surface area contributed by atoms with Gasteiger partial charge in [0.25, 0.3) is 0 Å². The van der Waals surface area contributed by atoms with Crippen LogP contribution in [0.4, 0.5) is 11.8 Å². The zero-order valence-electron chi connectivity index (χ0n) is 18.5. The Hall–Kier alpha value is -2.86. The van der Waals surface area contributed by atoms with Crippen molar-refractivity contribution in [2.75, 3.05) is 29.1 Å². The minimum Gasteiger partial charge on any atom is -0.363 e. The topological polar surface area (TPSA) is 108 Å². The van der Waals surface area contributed by atoms with Crippen molar-refractivity contribution in [3.8, 4) is 6.07 Å². The Bertz CT molecular complexity index is 1130. The van der Waals surface area contributed by atoms with E-state index >= 15 is 0 Å². The number of nitriles is 1. The Morgan fingerprint density at radius 2 is 2.03 bits per heavy atom. The van der Waals surface area contributed by atoms with Gasteiger partial charge in [-0.15, -0.1) is 0 Å². The zero-order chi connectivity index (χ0) is 22.3.